The van der Waals surface area contributed by atoms with Crippen LogP contribution in [0.5, 0.6) is 0 Å². The Hall–Kier alpha value is -1.02. The zero-order chi connectivity index (χ0) is 12.8. The van der Waals surface area contributed by atoms with Crippen LogP contribution in [-0.4, -0.2) is 17.0 Å². The fourth-order valence-electron chi connectivity index (χ4n) is 2.39. The fourth-order valence-corrected chi connectivity index (χ4v) is 2.39. The standard InChI is InChI=1S/C15H26N2/c1-5-15(6-2)17(12(3)4)11-13-8-7-9-14(16)10-13/h7-10,12,15H,5-6,11,16H2,1-4H3. The third kappa shape index (κ3) is 4.04. The van der Waals surface area contributed by atoms with E-state index in [4.69, 9.17) is 5.73 Å². The second-order valence-electron chi connectivity index (χ2n) is 4.98. The third-order valence-corrected chi connectivity index (χ3v) is 3.39. The average Bonchev–Trinajstić information content (AvgIpc) is 2.29. The minimum atomic E-state index is 0.571. The van der Waals surface area contributed by atoms with E-state index in [1.807, 2.05) is 12.1 Å². The van der Waals surface area contributed by atoms with Crippen LogP contribution in [-0.2, 0) is 6.54 Å². The molecule has 0 aliphatic heterocycles. The van der Waals surface area contributed by atoms with Gasteiger partial charge in [-0.3, -0.25) is 4.90 Å². The summed E-state index contributed by atoms with van der Waals surface area (Å²) in [6.45, 7) is 10.1. The highest BCUT2D eigenvalue weighted by atomic mass is 15.2. The van der Waals surface area contributed by atoms with Crippen molar-refractivity contribution >= 4 is 5.69 Å². The highest BCUT2D eigenvalue weighted by molar-refractivity contribution is 5.40. The molecule has 0 amide bonds. The van der Waals surface area contributed by atoms with Crippen molar-refractivity contribution in [3.63, 3.8) is 0 Å². The number of anilines is 1. The van der Waals surface area contributed by atoms with Gasteiger partial charge in [-0.25, -0.2) is 0 Å². The molecule has 0 saturated heterocycles. The summed E-state index contributed by atoms with van der Waals surface area (Å²) < 4.78 is 0. The van der Waals surface area contributed by atoms with Crippen LogP contribution in [0.15, 0.2) is 24.3 Å². The van der Waals surface area contributed by atoms with Crippen molar-refractivity contribution in [1.29, 1.82) is 0 Å². The topological polar surface area (TPSA) is 29.3 Å². The highest BCUT2D eigenvalue weighted by Gasteiger charge is 2.18. The summed E-state index contributed by atoms with van der Waals surface area (Å²) in [5.74, 6) is 0. The van der Waals surface area contributed by atoms with E-state index in [1.54, 1.807) is 0 Å². The highest BCUT2D eigenvalue weighted by Crippen LogP contribution is 2.18. The lowest BCUT2D eigenvalue weighted by Gasteiger charge is -2.34. The summed E-state index contributed by atoms with van der Waals surface area (Å²) in [6, 6.07) is 9.46. The molecular weight excluding hydrogens is 208 g/mol. The molecule has 0 saturated carbocycles. The summed E-state index contributed by atoms with van der Waals surface area (Å²) in [5.41, 5.74) is 8.00. The second kappa shape index (κ2) is 6.65. The van der Waals surface area contributed by atoms with Gasteiger partial charge in [0.25, 0.3) is 0 Å². The van der Waals surface area contributed by atoms with Gasteiger partial charge in [-0.05, 0) is 44.4 Å². The van der Waals surface area contributed by atoms with Crippen LogP contribution in [0.2, 0.25) is 0 Å². The summed E-state index contributed by atoms with van der Waals surface area (Å²) in [6.07, 6.45) is 2.41. The number of nitrogens with zero attached hydrogens (tertiary/aromatic N) is 1. The largest absolute Gasteiger partial charge is 0.399 e. The van der Waals surface area contributed by atoms with Crippen LogP contribution in [0.1, 0.15) is 46.1 Å². The van der Waals surface area contributed by atoms with E-state index in [1.165, 1.54) is 18.4 Å². The summed E-state index contributed by atoms with van der Waals surface area (Å²) in [5, 5.41) is 0. The van der Waals surface area contributed by atoms with E-state index >= 15 is 0 Å². The first-order valence-corrected chi connectivity index (χ1v) is 6.68. The van der Waals surface area contributed by atoms with Gasteiger partial charge in [0.1, 0.15) is 0 Å². The van der Waals surface area contributed by atoms with Gasteiger partial charge in [-0.1, -0.05) is 26.0 Å². The average molecular weight is 234 g/mol. The Labute approximate surface area is 106 Å². The minimum absolute atomic E-state index is 0.571. The quantitative estimate of drug-likeness (QED) is 0.761. The second-order valence-corrected chi connectivity index (χ2v) is 4.98. The van der Waals surface area contributed by atoms with Crippen LogP contribution >= 0.6 is 0 Å². The van der Waals surface area contributed by atoms with Gasteiger partial charge in [0, 0.05) is 24.3 Å². The SMILES string of the molecule is CCC(CC)N(Cc1cccc(N)c1)C(C)C. The zero-order valence-corrected chi connectivity index (χ0v) is 11.6. The van der Waals surface area contributed by atoms with E-state index in [0.717, 1.165) is 12.2 Å². The summed E-state index contributed by atoms with van der Waals surface area (Å²) >= 11 is 0. The zero-order valence-electron chi connectivity index (χ0n) is 11.6. The molecule has 1 aromatic rings. The number of hydrogen-bond acceptors (Lipinski definition) is 2. The molecular formula is C15H26N2. The smallest absolute Gasteiger partial charge is 0.0317 e. The van der Waals surface area contributed by atoms with Gasteiger partial charge in [0.15, 0.2) is 0 Å². The van der Waals surface area contributed by atoms with Crippen molar-refractivity contribution in [1.82, 2.24) is 4.90 Å². The van der Waals surface area contributed by atoms with E-state index in [9.17, 15) is 0 Å². The summed E-state index contributed by atoms with van der Waals surface area (Å²) in [4.78, 5) is 2.56. The number of benzene rings is 1. The van der Waals surface area contributed by atoms with Gasteiger partial charge < -0.3 is 5.73 Å². The Morgan fingerprint density at radius 3 is 2.29 bits per heavy atom. The minimum Gasteiger partial charge on any atom is -0.399 e. The molecule has 0 aromatic heterocycles. The van der Waals surface area contributed by atoms with Crippen molar-refractivity contribution < 1.29 is 0 Å². The van der Waals surface area contributed by atoms with E-state index in [-0.39, 0.29) is 0 Å². The predicted molar refractivity (Wildman–Crippen MR) is 75.9 cm³/mol. The number of rotatable bonds is 6. The van der Waals surface area contributed by atoms with Gasteiger partial charge in [0.2, 0.25) is 0 Å². The third-order valence-electron chi connectivity index (χ3n) is 3.39. The molecule has 0 bridgehead atoms. The first-order valence-electron chi connectivity index (χ1n) is 6.68. The summed E-state index contributed by atoms with van der Waals surface area (Å²) in [7, 11) is 0. The maximum absolute atomic E-state index is 5.83. The van der Waals surface area contributed by atoms with Crippen LogP contribution in [0, 0.1) is 0 Å². The van der Waals surface area contributed by atoms with Crippen molar-refractivity contribution in [3.8, 4) is 0 Å². The Morgan fingerprint density at radius 2 is 1.82 bits per heavy atom. The molecule has 0 atom stereocenters. The Balaban J connectivity index is 2.79. The molecule has 96 valence electrons. The van der Waals surface area contributed by atoms with Gasteiger partial charge in [-0.15, -0.1) is 0 Å². The van der Waals surface area contributed by atoms with Crippen LogP contribution in [0.3, 0.4) is 0 Å². The predicted octanol–water partition coefficient (Wildman–Crippen LogP) is 3.67. The molecule has 1 aromatic carbocycles. The molecule has 0 aliphatic carbocycles. The van der Waals surface area contributed by atoms with Crippen LogP contribution in [0.4, 0.5) is 5.69 Å². The van der Waals surface area contributed by atoms with Gasteiger partial charge in [0.05, 0.1) is 0 Å². The number of hydrogen-bond donors (Lipinski definition) is 1. The number of nitrogens with two attached hydrogens (primary N) is 1. The van der Waals surface area contributed by atoms with Crippen LogP contribution in [0.25, 0.3) is 0 Å². The van der Waals surface area contributed by atoms with Crippen molar-refractivity contribution in [2.75, 3.05) is 5.73 Å². The molecule has 0 unspecified atom stereocenters. The van der Waals surface area contributed by atoms with E-state index < -0.39 is 0 Å². The first kappa shape index (κ1) is 14.0. The van der Waals surface area contributed by atoms with E-state index in [0.29, 0.717) is 12.1 Å². The molecule has 1 rings (SSSR count). The van der Waals surface area contributed by atoms with Gasteiger partial charge in [-0.2, -0.15) is 0 Å². The molecule has 0 fully saturated rings. The molecule has 17 heavy (non-hydrogen) atoms. The van der Waals surface area contributed by atoms with Crippen LogP contribution < -0.4 is 5.73 Å². The van der Waals surface area contributed by atoms with Crippen molar-refractivity contribution in [2.45, 2.75) is 59.2 Å². The van der Waals surface area contributed by atoms with Crippen molar-refractivity contribution in [3.05, 3.63) is 29.8 Å². The van der Waals surface area contributed by atoms with Gasteiger partial charge >= 0.3 is 0 Å². The molecule has 2 N–H and O–H groups in total. The fraction of sp³-hybridized carbons (Fsp3) is 0.600. The number of nitrogen functional groups attached to an aromatic ring is 1. The normalized spacial score (nSPS) is 11.7. The lowest BCUT2D eigenvalue weighted by molar-refractivity contribution is 0.135. The molecule has 0 aliphatic rings. The lowest BCUT2D eigenvalue weighted by Crippen LogP contribution is -2.39. The Morgan fingerprint density at radius 1 is 1.18 bits per heavy atom. The first-order chi connectivity index (χ1) is 8.08. The Kier molecular flexibility index (Phi) is 5.49. The van der Waals surface area contributed by atoms with Crippen molar-refractivity contribution in [2.24, 2.45) is 0 Å². The Bertz CT molecular complexity index is 329. The molecule has 0 heterocycles. The molecule has 2 heteroatoms. The van der Waals surface area contributed by atoms with E-state index in [2.05, 4.69) is 44.7 Å². The maximum Gasteiger partial charge on any atom is 0.0317 e. The molecule has 0 spiro atoms. The maximum atomic E-state index is 5.83. The monoisotopic (exact) mass is 234 g/mol. The molecule has 0 radical (unpaired) electrons. The molecule has 2 nitrogen and oxygen atoms in total. The lowest BCUT2D eigenvalue weighted by atomic mass is 10.1.